The number of aromatic hydroxyl groups is 1. The Bertz CT molecular complexity index is 2450. The molecule has 0 spiro atoms. The highest BCUT2D eigenvalue weighted by Crippen LogP contribution is 2.16. The summed E-state index contributed by atoms with van der Waals surface area (Å²) in [7, 11) is 0. The Kier molecular flexibility index (Phi) is 19.1. The number of thioether (sulfide) groups is 1. The summed E-state index contributed by atoms with van der Waals surface area (Å²) in [5, 5.41) is 33.7. The molecule has 14 nitrogen and oxygen atoms in total. The van der Waals surface area contributed by atoms with Crippen LogP contribution in [0.1, 0.15) is 58.4 Å². The number of hydrogen-bond acceptors (Lipinski definition) is 9. The standard InChI is InChI=1S/C52H58N6O8S/c1-33(2)46(51(64)57-45(52(65)66)32-37-12-8-5-9-13-37)58-48(61)42(28-29-67-3)54-49(62)44(30-36-10-6-4-7-11-36)56-50(63)43(31-38-20-26-41(59)27-21-38)55-47(60)39-22-16-34(17-23-39)14-15-35-18-24-40(53)25-19-35/h4-27,33,42-46,59H,28-32,53H2,1-3H3,(H,54,62)(H,55,60)(H,56,63)(H,57,64)(H,58,61)(H,65,66)/b15-14+/t42-,43-,44-,45-,46-/m0/s1. The molecule has 0 fully saturated rings. The van der Waals surface area contributed by atoms with Gasteiger partial charge in [0.25, 0.3) is 5.91 Å². The number of aliphatic carboxylic acids is 1. The first-order chi connectivity index (χ1) is 32.2. The topological polar surface area (TPSA) is 229 Å². The Hall–Kier alpha value is -7.39. The van der Waals surface area contributed by atoms with Crippen molar-refractivity contribution in [2.24, 2.45) is 5.92 Å². The van der Waals surface area contributed by atoms with Gasteiger partial charge in [-0.1, -0.05) is 123 Å². The second kappa shape index (κ2) is 25.3. The van der Waals surface area contributed by atoms with Crippen LogP contribution in [-0.2, 0) is 43.2 Å². The molecule has 5 amide bonds. The van der Waals surface area contributed by atoms with Crippen molar-refractivity contribution in [1.29, 1.82) is 0 Å². The van der Waals surface area contributed by atoms with Crippen LogP contribution in [0.15, 0.2) is 133 Å². The summed E-state index contributed by atoms with van der Waals surface area (Å²) >= 11 is 1.44. The number of nitrogens with one attached hydrogen (secondary N) is 5. The van der Waals surface area contributed by atoms with Gasteiger partial charge in [0.05, 0.1) is 0 Å². The number of rotatable bonds is 23. The van der Waals surface area contributed by atoms with Gasteiger partial charge in [0.15, 0.2) is 0 Å². The number of carbonyl (C=O) groups is 6. The highest BCUT2D eigenvalue weighted by Gasteiger charge is 2.34. The molecule has 0 aliphatic carbocycles. The summed E-state index contributed by atoms with van der Waals surface area (Å²) in [5.74, 6) is -4.49. The fourth-order valence-electron chi connectivity index (χ4n) is 7.07. The van der Waals surface area contributed by atoms with E-state index in [1.54, 1.807) is 117 Å². The van der Waals surface area contributed by atoms with Crippen LogP contribution in [-0.4, -0.2) is 87.9 Å². The van der Waals surface area contributed by atoms with Crippen molar-refractivity contribution in [3.05, 3.63) is 167 Å². The number of carbonyl (C=O) groups excluding carboxylic acids is 5. The van der Waals surface area contributed by atoms with Crippen molar-refractivity contribution < 1.29 is 39.0 Å². The van der Waals surface area contributed by atoms with E-state index in [0.29, 0.717) is 28.1 Å². The van der Waals surface area contributed by atoms with E-state index in [-0.39, 0.29) is 37.0 Å². The summed E-state index contributed by atoms with van der Waals surface area (Å²) < 4.78 is 0. The molecule has 9 N–H and O–H groups in total. The first-order valence-corrected chi connectivity index (χ1v) is 23.3. The quantitative estimate of drug-likeness (QED) is 0.0307. The maximum Gasteiger partial charge on any atom is 0.326 e. The van der Waals surface area contributed by atoms with Gasteiger partial charge in [-0.25, -0.2) is 4.79 Å². The number of amides is 5. The van der Waals surface area contributed by atoms with Gasteiger partial charge < -0.3 is 42.5 Å². The zero-order valence-electron chi connectivity index (χ0n) is 37.7. The Morgan fingerprint density at radius 2 is 1.00 bits per heavy atom. The molecular weight excluding hydrogens is 869 g/mol. The summed E-state index contributed by atoms with van der Waals surface area (Å²) in [5.41, 5.74) is 10.6. The Morgan fingerprint density at radius 1 is 0.552 bits per heavy atom. The average molecular weight is 927 g/mol. The molecule has 0 radical (unpaired) electrons. The molecule has 0 saturated carbocycles. The van der Waals surface area contributed by atoms with Crippen LogP contribution in [0.3, 0.4) is 0 Å². The van der Waals surface area contributed by atoms with Crippen LogP contribution < -0.4 is 32.3 Å². The zero-order valence-corrected chi connectivity index (χ0v) is 38.5. The van der Waals surface area contributed by atoms with Crippen molar-refractivity contribution in [1.82, 2.24) is 26.6 Å². The smallest absolute Gasteiger partial charge is 0.326 e. The lowest BCUT2D eigenvalue weighted by atomic mass is 10.00. The predicted molar refractivity (Wildman–Crippen MR) is 263 cm³/mol. The van der Waals surface area contributed by atoms with Crippen molar-refractivity contribution in [2.75, 3.05) is 17.7 Å². The normalized spacial score (nSPS) is 13.4. The van der Waals surface area contributed by atoms with Crippen LogP contribution in [0.4, 0.5) is 5.69 Å². The van der Waals surface area contributed by atoms with Crippen LogP contribution in [0.25, 0.3) is 12.2 Å². The number of phenolic OH excluding ortho intramolecular Hbond substituents is 1. The number of benzene rings is 5. The van der Waals surface area contributed by atoms with E-state index >= 15 is 0 Å². The van der Waals surface area contributed by atoms with E-state index in [1.165, 1.54) is 23.9 Å². The van der Waals surface area contributed by atoms with Crippen molar-refractivity contribution in [2.45, 2.75) is 69.7 Å². The largest absolute Gasteiger partial charge is 0.508 e. The number of carboxylic acids is 1. The van der Waals surface area contributed by atoms with Gasteiger partial charge in [-0.15, -0.1) is 0 Å². The molecule has 0 heterocycles. The maximum atomic E-state index is 14.4. The molecule has 5 aromatic rings. The van der Waals surface area contributed by atoms with E-state index in [0.717, 1.165) is 11.1 Å². The monoisotopic (exact) mass is 926 g/mol. The van der Waals surface area contributed by atoms with Gasteiger partial charge in [0, 0.05) is 30.5 Å². The van der Waals surface area contributed by atoms with Crippen molar-refractivity contribution >= 4 is 65.1 Å². The van der Waals surface area contributed by atoms with E-state index < -0.39 is 71.6 Å². The van der Waals surface area contributed by atoms with Crippen molar-refractivity contribution in [3.8, 4) is 5.75 Å². The summed E-state index contributed by atoms with van der Waals surface area (Å²) in [6, 6.07) is 32.3. The highest BCUT2D eigenvalue weighted by molar-refractivity contribution is 7.98. The van der Waals surface area contributed by atoms with Crippen molar-refractivity contribution in [3.63, 3.8) is 0 Å². The zero-order chi connectivity index (χ0) is 48.3. The fourth-order valence-corrected chi connectivity index (χ4v) is 7.54. The highest BCUT2D eigenvalue weighted by atomic mass is 32.2. The van der Waals surface area contributed by atoms with Crippen LogP contribution >= 0.6 is 11.8 Å². The van der Waals surface area contributed by atoms with E-state index in [2.05, 4.69) is 26.6 Å². The molecule has 0 aliphatic rings. The van der Waals surface area contributed by atoms with E-state index in [4.69, 9.17) is 5.73 Å². The second-order valence-electron chi connectivity index (χ2n) is 16.4. The van der Waals surface area contributed by atoms with Crippen LogP contribution in [0.5, 0.6) is 5.75 Å². The summed E-state index contributed by atoms with van der Waals surface area (Å²) in [6.45, 7) is 3.42. The molecule has 15 heteroatoms. The van der Waals surface area contributed by atoms with Gasteiger partial charge >= 0.3 is 5.97 Å². The lowest BCUT2D eigenvalue weighted by Crippen LogP contribution is -2.60. The molecule has 0 saturated heterocycles. The first-order valence-electron chi connectivity index (χ1n) is 21.9. The average Bonchev–Trinajstić information content (AvgIpc) is 3.32. The van der Waals surface area contributed by atoms with Gasteiger partial charge in [0.2, 0.25) is 23.6 Å². The van der Waals surface area contributed by atoms with Gasteiger partial charge in [-0.05, 0) is 88.6 Å². The number of nitrogens with two attached hydrogens (primary N) is 1. The van der Waals surface area contributed by atoms with E-state index in [9.17, 15) is 39.0 Å². The number of carboxylic acid groups (broad SMARTS) is 1. The first kappa shape index (κ1) is 50.6. The lowest BCUT2D eigenvalue weighted by molar-refractivity contribution is -0.142. The van der Waals surface area contributed by atoms with Gasteiger partial charge in [-0.2, -0.15) is 11.8 Å². The molecule has 67 heavy (non-hydrogen) atoms. The third kappa shape index (κ3) is 16.2. The fraction of sp³-hybridized carbons (Fsp3) is 0.269. The lowest BCUT2D eigenvalue weighted by Gasteiger charge is -2.28. The molecule has 5 rings (SSSR count). The minimum atomic E-state index is -1.26. The molecule has 0 aliphatic heterocycles. The molecular formula is C52H58N6O8S. The summed E-state index contributed by atoms with van der Waals surface area (Å²) in [6.07, 6.45) is 5.87. The minimum Gasteiger partial charge on any atom is -0.508 e. The molecule has 5 atom stereocenters. The van der Waals surface area contributed by atoms with Gasteiger partial charge in [-0.3, -0.25) is 24.0 Å². The number of phenols is 1. The number of hydrogen-bond donors (Lipinski definition) is 8. The molecule has 5 aromatic carbocycles. The number of anilines is 1. The minimum absolute atomic E-state index is 0.00539. The van der Waals surface area contributed by atoms with Crippen LogP contribution in [0, 0.1) is 5.92 Å². The molecule has 350 valence electrons. The van der Waals surface area contributed by atoms with Gasteiger partial charge in [0.1, 0.15) is 36.0 Å². The third-order valence-corrected chi connectivity index (χ3v) is 11.5. The van der Waals surface area contributed by atoms with E-state index in [1.807, 2.05) is 36.6 Å². The Labute approximate surface area is 395 Å². The molecule has 0 unspecified atom stereocenters. The molecule has 0 bridgehead atoms. The van der Waals surface area contributed by atoms with Crippen LogP contribution in [0.2, 0.25) is 0 Å². The number of nitrogen functional groups attached to an aromatic ring is 1. The Morgan fingerprint density at radius 3 is 1.51 bits per heavy atom. The summed E-state index contributed by atoms with van der Waals surface area (Å²) in [4.78, 5) is 82.4. The predicted octanol–water partition coefficient (Wildman–Crippen LogP) is 5.40. The SMILES string of the molecule is CSCC[C@H](NC(=O)[C@H](Cc1ccccc1)NC(=O)[C@H](Cc1ccc(O)cc1)NC(=O)c1ccc(/C=C/c2ccc(N)cc2)cc1)C(=O)N[C@H](C(=O)N[C@@H](Cc1ccccc1)C(=O)O)C(C)C. The maximum absolute atomic E-state index is 14.4. The Balaban J connectivity index is 1.34. The third-order valence-electron chi connectivity index (χ3n) is 10.9. The molecule has 0 aromatic heterocycles. The second-order valence-corrected chi connectivity index (χ2v) is 17.4.